The van der Waals surface area contributed by atoms with Gasteiger partial charge in [-0.05, 0) is 62.7 Å². The van der Waals surface area contributed by atoms with E-state index in [4.69, 9.17) is 4.74 Å². The van der Waals surface area contributed by atoms with E-state index in [-0.39, 0.29) is 12.0 Å². The van der Waals surface area contributed by atoms with E-state index in [0.29, 0.717) is 17.8 Å². The fourth-order valence-electron chi connectivity index (χ4n) is 3.77. The van der Waals surface area contributed by atoms with Gasteiger partial charge in [0.25, 0.3) is 0 Å². The smallest absolute Gasteiger partial charge is 0.248 e. The third-order valence-electron chi connectivity index (χ3n) is 5.43. The minimum atomic E-state index is -3.64. The summed E-state index contributed by atoms with van der Waals surface area (Å²) >= 11 is 0. The third-order valence-corrected chi connectivity index (χ3v) is 6.61. The lowest BCUT2D eigenvalue weighted by molar-refractivity contribution is -0.117. The number of amides is 1. The van der Waals surface area contributed by atoms with Crippen LogP contribution in [-0.2, 0) is 14.8 Å². The van der Waals surface area contributed by atoms with Gasteiger partial charge < -0.3 is 15.0 Å². The molecule has 3 rings (SSSR count). The fourth-order valence-corrected chi connectivity index (χ4v) is 4.98. The highest BCUT2D eigenvalue weighted by Crippen LogP contribution is 2.24. The van der Waals surface area contributed by atoms with Crippen LogP contribution in [0.2, 0.25) is 0 Å². The van der Waals surface area contributed by atoms with Crippen LogP contribution in [-0.4, -0.2) is 57.8 Å². The number of para-hydroxylation sites is 1. The van der Waals surface area contributed by atoms with E-state index >= 15 is 0 Å². The molecule has 1 amide bonds. The largest absolute Gasteiger partial charge is 0.490 e. The maximum absolute atomic E-state index is 13.0. The van der Waals surface area contributed by atoms with Crippen molar-refractivity contribution in [2.75, 3.05) is 36.0 Å². The topological polar surface area (TPSA) is 79.0 Å². The van der Waals surface area contributed by atoms with E-state index < -0.39 is 16.1 Å². The van der Waals surface area contributed by atoms with Crippen LogP contribution in [0.15, 0.2) is 54.6 Å². The molecule has 2 aromatic carbocycles. The zero-order valence-electron chi connectivity index (χ0n) is 18.3. The first-order valence-corrected chi connectivity index (χ1v) is 12.4. The number of anilines is 2. The summed E-state index contributed by atoms with van der Waals surface area (Å²) in [6.45, 7) is 3.84. The second kappa shape index (κ2) is 10.2. The number of nitrogens with one attached hydrogen (secondary N) is 1. The molecule has 0 bridgehead atoms. The summed E-state index contributed by atoms with van der Waals surface area (Å²) in [7, 11) is -1.53. The Morgan fingerprint density at radius 3 is 2.29 bits per heavy atom. The third kappa shape index (κ3) is 6.21. The molecule has 2 aromatic rings. The van der Waals surface area contributed by atoms with Gasteiger partial charge in [-0.15, -0.1) is 0 Å². The average Bonchev–Trinajstić information content (AvgIpc) is 2.74. The first kappa shape index (κ1) is 23.1. The number of piperidine rings is 1. The lowest BCUT2D eigenvalue weighted by atomic mass is 10.1. The van der Waals surface area contributed by atoms with Crippen LogP contribution in [0.3, 0.4) is 0 Å². The Hall–Kier alpha value is -2.58. The molecule has 0 aliphatic carbocycles. The molecule has 168 valence electrons. The Kier molecular flexibility index (Phi) is 7.56. The Morgan fingerprint density at radius 1 is 1.13 bits per heavy atom. The van der Waals surface area contributed by atoms with E-state index in [1.807, 2.05) is 12.1 Å². The summed E-state index contributed by atoms with van der Waals surface area (Å²) in [6.07, 6.45) is 3.65. The van der Waals surface area contributed by atoms with Crippen LogP contribution < -0.4 is 14.4 Å². The van der Waals surface area contributed by atoms with Crippen molar-refractivity contribution >= 4 is 27.3 Å². The minimum absolute atomic E-state index is 0.204. The zero-order chi connectivity index (χ0) is 22.4. The standard InChI is InChI=1S/C23H31N3O4S/c1-4-22(26(31(3,28)29)19-8-6-5-7-9-19)23(27)24-18-10-12-20(13-11-18)30-21-14-16-25(2)17-15-21/h5-13,21-22H,4,14-17H2,1-3H3,(H,24,27)/t22-/m1/s1. The highest BCUT2D eigenvalue weighted by atomic mass is 32.2. The molecule has 1 heterocycles. The van der Waals surface area contributed by atoms with Crippen molar-refractivity contribution in [2.24, 2.45) is 0 Å². The van der Waals surface area contributed by atoms with Crippen LogP contribution in [0, 0.1) is 0 Å². The van der Waals surface area contributed by atoms with Crippen LogP contribution in [0.25, 0.3) is 0 Å². The van der Waals surface area contributed by atoms with Crippen LogP contribution in [0.5, 0.6) is 5.75 Å². The van der Waals surface area contributed by atoms with Crippen molar-refractivity contribution in [2.45, 2.75) is 38.3 Å². The molecule has 0 saturated carbocycles. The van der Waals surface area contributed by atoms with Gasteiger partial charge in [0.05, 0.1) is 11.9 Å². The molecule has 7 nitrogen and oxygen atoms in total. The van der Waals surface area contributed by atoms with Crippen molar-refractivity contribution in [3.8, 4) is 5.75 Å². The number of hydrogen-bond donors (Lipinski definition) is 1. The molecule has 1 fully saturated rings. The Balaban J connectivity index is 1.68. The van der Waals surface area contributed by atoms with Crippen molar-refractivity contribution in [3.05, 3.63) is 54.6 Å². The van der Waals surface area contributed by atoms with Crippen LogP contribution in [0.4, 0.5) is 11.4 Å². The molecule has 1 N–H and O–H groups in total. The van der Waals surface area contributed by atoms with Gasteiger partial charge >= 0.3 is 0 Å². The molecular weight excluding hydrogens is 414 g/mol. The fraction of sp³-hybridized carbons (Fsp3) is 0.435. The quantitative estimate of drug-likeness (QED) is 0.674. The van der Waals surface area contributed by atoms with Crippen molar-refractivity contribution in [1.29, 1.82) is 0 Å². The molecule has 0 radical (unpaired) electrons. The number of nitrogens with zero attached hydrogens (tertiary/aromatic N) is 2. The average molecular weight is 446 g/mol. The van der Waals surface area contributed by atoms with Crippen molar-refractivity contribution < 1.29 is 17.9 Å². The normalized spacial score (nSPS) is 16.5. The number of hydrogen-bond acceptors (Lipinski definition) is 5. The zero-order valence-corrected chi connectivity index (χ0v) is 19.1. The summed E-state index contributed by atoms with van der Waals surface area (Å²) in [5.41, 5.74) is 1.06. The Labute approximate surface area is 185 Å². The molecule has 8 heteroatoms. The lowest BCUT2D eigenvalue weighted by Gasteiger charge is -2.30. The molecule has 0 unspecified atom stereocenters. The summed E-state index contributed by atoms with van der Waals surface area (Å²) < 4.78 is 32.2. The number of benzene rings is 2. The summed E-state index contributed by atoms with van der Waals surface area (Å²) in [5, 5.41) is 2.84. The molecule has 1 aliphatic heterocycles. The second-order valence-corrected chi connectivity index (χ2v) is 9.81. The monoisotopic (exact) mass is 445 g/mol. The van der Waals surface area contributed by atoms with Gasteiger partial charge in [0, 0.05) is 18.8 Å². The lowest BCUT2D eigenvalue weighted by Crippen LogP contribution is -2.46. The van der Waals surface area contributed by atoms with Gasteiger partial charge in [-0.2, -0.15) is 0 Å². The van der Waals surface area contributed by atoms with E-state index in [2.05, 4.69) is 17.3 Å². The van der Waals surface area contributed by atoms with Gasteiger partial charge in [-0.3, -0.25) is 9.10 Å². The van der Waals surface area contributed by atoms with Crippen LogP contribution in [0.1, 0.15) is 26.2 Å². The number of sulfonamides is 1. The number of carbonyl (C=O) groups excluding carboxylic acids is 1. The van der Waals surface area contributed by atoms with Crippen LogP contribution >= 0.6 is 0 Å². The number of carbonyl (C=O) groups is 1. The van der Waals surface area contributed by atoms with Gasteiger partial charge in [0.2, 0.25) is 15.9 Å². The molecule has 31 heavy (non-hydrogen) atoms. The Morgan fingerprint density at radius 2 is 1.74 bits per heavy atom. The van der Waals surface area contributed by atoms with Gasteiger partial charge in [-0.1, -0.05) is 25.1 Å². The second-order valence-electron chi connectivity index (χ2n) is 7.95. The minimum Gasteiger partial charge on any atom is -0.490 e. The number of likely N-dealkylation sites (tertiary alicyclic amines) is 1. The molecule has 1 saturated heterocycles. The number of ether oxygens (including phenoxy) is 1. The molecule has 0 spiro atoms. The SMILES string of the molecule is CC[C@H](C(=O)Nc1ccc(OC2CCN(C)CC2)cc1)N(c1ccccc1)S(C)(=O)=O. The van der Waals surface area contributed by atoms with E-state index in [1.165, 1.54) is 4.31 Å². The maximum Gasteiger partial charge on any atom is 0.248 e. The van der Waals surface area contributed by atoms with Crippen molar-refractivity contribution in [1.82, 2.24) is 4.90 Å². The maximum atomic E-state index is 13.0. The molecule has 0 aromatic heterocycles. The van der Waals surface area contributed by atoms with Gasteiger partial charge in [-0.25, -0.2) is 8.42 Å². The Bertz CT molecular complexity index is 956. The van der Waals surface area contributed by atoms with Gasteiger partial charge in [0.1, 0.15) is 17.9 Å². The summed E-state index contributed by atoms with van der Waals surface area (Å²) in [6, 6.07) is 15.1. The summed E-state index contributed by atoms with van der Waals surface area (Å²) in [5.74, 6) is 0.391. The molecule has 1 aliphatic rings. The van der Waals surface area contributed by atoms with E-state index in [0.717, 1.165) is 37.9 Å². The highest BCUT2D eigenvalue weighted by molar-refractivity contribution is 7.92. The molecular formula is C23H31N3O4S. The first-order chi connectivity index (χ1) is 14.8. The summed E-state index contributed by atoms with van der Waals surface area (Å²) in [4.78, 5) is 15.3. The van der Waals surface area contributed by atoms with Crippen molar-refractivity contribution in [3.63, 3.8) is 0 Å². The highest BCUT2D eigenvalue weighted by Gasteiger charge is 2.31. The predicted molar refractivity (Wildman–Crippen MR) is 124 cm³/mol. The van der Waals surface area contributed by atoms with Gasteiger partial charge in [0.15, 0.2) is 0 Å². The van der Waals surface area contributed by atoms with E-state index in [9.17, 15) is 13.2 Å². The predicted octanol–water partition coefficient (Wildman–Crippen LogP) is 3.34. The first-order valence-electron chi connectivity index (χ1n) is 10.6. The van der Waals surface area contributed by atoms with E-state index in [1.54, 1.807) is 49.4 Å². The molecule has 1 atom stereocenters. The number of rotatable bonds is 8.